The molecular weight excluding hydrogens is 328 g/mol. The van der Waals surface area contributed by atoms with Crippen LogP contribution in [0.2, 0.25) is 5.02 Å². The Balaban J connectivity index is 1.88. The molecule has 0 amide bonds. The van der Waals surface area contributed by atoms with Gasteiger partial charge in [0.05, 0.1) is 28.3 Å². The van der Waals surface area contributed by atoms with E-state index in [0.717, 1.165) is 23.0 Å². The second-order valence-electron chi connectivity index (χ2n) is 6.27. The molecule has 2 aromatic heterocycles. The summed E-state index contributed by atoms with van der Waals surface area (Å²) in [6.07, 6.45) is 2.86. The topological polar surface area (TPSA) is 17.3 Å². The Morgan fingerprint density at radius 1 is 0.800 bits per heavy atom. The van der Waals surface area contributed by atoms with E-state index in [-0.39, 0.29) is 0 Å². The smallest absolute Gasteiger partial charge is 0.0885 e. The van der Waals surface area contributed by atoms with Crippen LogP contribution in [0.3, 0.4) is 0 Å². The lowest BCUT2D eigenvalue weighted by molar-refractivity contribution is 1.20. The predicted molar refractivity (Wildman–Crippen MR) is 104 cm³/mol. The average molecular weight is 343 g/mol. The Hall–Kier alpha value is -2.84. The molecule has 0 N–H and O–H groups in total. The van der Waals surface area contributed by atoms with Gasteiger partial charge in [-0.1, -0.05) is 60.1 Å². The molecular formula is C22H15ClN2. The molecule has 120 valence electrons. The van der Waals surface area contributed by atoms with Crippen molar-refractivity contribution in [2.45, 2.75) is 6.42 Å². The van der Waals surface area contributed by atoms with Gasteiger partial charge < -0.3 is 4.40 Å². The molecule has 2 heterocycles. The third-order valence-electron chi connectivity index (χ3n) is 4.75. The minimum atomic E-state index is 0.709. The number of hydrogen-bond donors (Lipinski definition) is 0. The van der Waals surface area contributed by atoms with Gasteiger partial charge in [-0.15, -0.1) is 0 Å². The Morgan fingerprint density at radius 2 is 1.60 bits per heavy atom. The van der Waals surface area contributed by atoms with Gasteiger partial charge in [-0.25, -0.2) is 0 Å². The van der Waals surface area contributed by atoms with Gasteiger partial charge in [-0.3, -0.25) is 4.98 Å². The van der Waals surface area contributed by atoms with Gasteiger partial charge >= 0.3 is 0 Å². The van der Waals surface area contributed by atoms with E-state index >= 15 is 0 Å². The van der Waals surface area contributed by atoms with Gasteiger partial charge in [0.1, 0.15) is 0 Å². The van der Waals surface area contributed by atoms with Crippen molar-refractivity contribution in [3.05, 3.63) is 95.1 Å². The number of benzene rings is 3. The van der Waals surface area contributed by atoms with Crippen molar-refractivity contribution >= 4 is 39.1 Å². The van der Waals surface area contributed by atoms with E-state index < -0.39 is 0 Å². The first kappa shape index (κ1) is 14.5. The van der Waals surface area contributed by atoms with Crippen LogP contribution in [-0.4, -0.2) is 9.38 Å². The number of aromatic nitrogens is 2. The minimum Gasteiger partial charge on any atom is -0.306 e. The quantitative estimate of drug-likeness (QED) is 0.391. The fourth-order valence-electron chi connectivity index (χ4n) is 3.63. The van der Waals surface area contributed by atoms with Crippen LogP contribution in [0, 0.1) is 0 Å². The average Bonchev–Trinajstić information content (AvgIpc) is 2.97. The molecule has 5 aromatic rings. The number of nitrogens with zero attached hydrogens (tertiary/aromatic N) is 2. The highest BCUT2D eigenvalue weighted by atomic mass is 35.5. The maximum Gasteiger partial charge on any atom is 0.0885 e. The van der Waals surface area contributed by atoms with E-state index in [0.29, 0.717) is 5.02 Å². The minimum absolute atomic E-state index is 0.709. The highest BCUT2D eigenvalue weighted by Gasteiger charge is 2.14. The van der Waals surface area contributed by atoms with Gasteiger partial charge in [0.15, 0.2) is 0 Å². The summed E-state index contributed by atoms with van der Waals surface area (Å²) in [5.74, 6) is 0. The molecule has 0 aliphatic heterocycles. The van der Waals surface area contributed by atoms with Crippen molar-refractivity contribution in [1.29, 1.82) is 0 Å². The van der Waals surface area contributed by atoms with Crippen LogP contribution in [0.25, 0.3) is 27.5 Å². The second-order valence-corrected chi connectivity index (χ2v) is 6.71. The molecule has 0 bridgehead atoms. The first-order chi connectivity index (χ1) is 12.3. The largest absolute Gasteiger partial charge is 0.306 e. The van der Waals surface area contributed by atoms with Crippen molar-refractivity contribution in [2.75, 3.05) is 0 Å². The van der Waals surface area contributed by atoms with E-state index in [4.69, 9.17) is 11.6 Å². The molecule has 0 spiro atoms. The lowest BCUT2D eigenvalue weighted by Crippen LogP contribution is -1.92. The van der Waals surface area contributed by atoms with Gasteiger partial charge in [0.25, 0.3) is 0 Å². The molecule has 25 heavy (non-hydrogen) atoms. The highest BCUT2D eigenvalue weighted by molar-refractivity contribution is 6.31. The molecule has 0 atom stereocenters. The molecule has 0 aliphatic carbocycles. The highest BCUT2D eigenvalue weighted by Crippen LogP contribution is 2.31. The Kier molecular flexibility index (Phi) is 3.25. The summed E-state index contributed by atoms with van der Waals surface area (Å²) in [6.45, 7) is 0. The predicted octanol–water partition coefficient (Wildman–Crippen LogP) is 5.88. The van der Waals surface area contributed by atoms with Crippen LogP contribution in [0.1, 0.15) is 11.1 Å². The normalized spacial score (nSPS) is 11.6. The standard InChI is InChI=1S/C22H15ClN2/c23-16-10-11-21-19(13-16)24-14-22-18(12-15-6-2-1-3-7-15)17-8-4-5-9-20(17)25(21)22/h1-11,13-14H,12H2. The van der Waals surface area contributed by atoms with Crippen LogP contribution < -0.4 is 0 Å². The lowest BCUT2D eigenvalue weighted by atomic mass is 10.0. The SMILES string of the molecule is Clc1ccc2c(c1)ncc1c(Cc3ccccc3)c3ccccc3n12. The summed E-state index contributed by atoms with van der Waals surface area (Å²) in [4.78, 5) is 4.66. The van der Waals surface area contributed by atoms with Crippen LogP contribution >= 0.6 is 11.6 Å². The van der Waals surface area contributed by atoms with Crippen molar-refractivity contribution in [3.63, 3.8) is 0 Å². The molecule has 0 aliphatic rings. The first-order valence-corrected chi connectivity index (χ1v) is 8.69. The van der Waals surface area contributed by atoms with Crippen LogP contribution in [0.4, 0.5) is 0 Å². The second kappa shape index (κ2) is 5.61. The van der Waals surface area contributed by atoms with Crippen LogP contribution in [-0.2, 0) is 6.42 Å². The van der Waals surface area contributed by atoms with E-state index in [1.54, 1.807) is 0 Å². The summed E-state index contributed by atoms with van der Waals surface area (Å²) in [7, 11) is 0. The number of rotatable bonds is 2. The zero-order valence-electron chi connectivity index (χ0n) is 13.5. The lowest BCUT2D eigenvalue weighted by Gasteiger charge is -2.05. The summed E-state index contributed by atoms with van der Waals surface area (Å²) >= 11 is 6.15. The van der Waals surface area contributed by atoms with Crippen molar-refractivity contribution < 1.29 is 0 Å². The van der Waals surface area contributed by atoms with E-state index in [1.165, 1.54) is 22.0 Å². The van der Waals surface area contributed by atoms with Gasteiger partial charge in [0.2, 0.25) is 0 Å². The van der Waals surface area contributed by atoms with E-state index in [1.807, 2.05) is 18.3 Å². The molecule has 2 nitrogen and oxygen atoms in total. The first-order valence-electron chi connectivity index (χ1n) is 8.31. The monoisotopic (exact) mass is 342 g/mol. The Labute approximate surface area is 150 Å². The molecule has 0 unspecified atom stereocenters. The van der Waals surface area contributed by atoms with Crippen LogP contribution in [0.15, 0.2) is 79.0 Å². The number of para-hydroxylation sites is 1. The van der Waals surface area contributed by atoms with E-state index in [2.05, 4.69) is 70.0 Å². The Bertz CT molecular complexity index is 1220. The van der Waals surface area contributed by atoms with Crippen molar-refractivity contribution in [3.8, 4) is 0 Å². The summed E-state index contributed by atoms with van der Waals surface area (Å²) in [5.41, 5.74) is 6.96. The third kappa shape index (κ3) is 2.30. The molecule has 0 saturated heterocycles. The number of fused-ring (bicyclic) bond motifs is 5. The number of halogens is 1. The number of hydrogen-bond acceptors (Lipinski definition) is 1. The summed E-state index contributed by atoms with van der Waals surface area (Å²) in [6, 6.07) is 25.0. The van der Waals surface area contributed by atoms with Crippen LogP contribution in [0.5, 0.6) is 0 Å². The van der Waals surface area contributed by atoms with Gasteiger partial charge in [-0.2, -0.15) is 0 Å². The fraction of sp³-hybridized carbons (Fsp3) is 0.0455. The van der Waals surface area contributed by atoms with E-state index in [9.17, 15) is 0 Å². The molecule has 5 rings (SSSR count). The third-order valence-corrected chi connectivity index (χ3v) is 4.98. The van der Waals surface area contributed by atoms with Crippen molar-refractivity contribution in [2.24, 2.45) is 0 Å². The summed E-state index contributed by atoms with van der Waals surface area (Å²) in [5, 5.41) is 1.98. The van der Waals surface area contributed by atoms with Crippen molar-refractivity contribution in [1.82, 2.24) is 9.38 Å². The molecule has 0 radical (unpaired) electrons. The Morgan fingerprint density at radius 3 is 2.48 bits per heavy atom. The van der Waals surface area contributed by atoms with Gasteiger partial charge in [-0.05, 0) is 35.4 Å². The maximum absolute atomic E-state index is 6.15. The molecule has 0 fully saturated rings. The molecule has 3 heteroatoms. The summed E-state index contributed by atoms with van der Waals surface area (Å²) < 4.78 is 2.30. The maximum atomic E-state index is 6.15. The zero-order chi connectivity index (χ0) is 16.8. The fourth-order valence-corrected chi connectivity index (χ4v) is 3.79. The van der Waals surface area contributed by atoms with Gasteiger partial charge in [0, 0.05) is 16.8 Å². The molecule has 0 saturated carbocycles. The molecule has 3 aromatic carbocycles. The zero-order valence-corrected chi connectivity index (χ0v) is 14.2.